The van der Waals surface area contributed by atoms with E-state index >= 15 is 0 Å². The molecule has 1 atom stereocenters. The van der Waals surface area contributed by atoms with Gasteiger partial charge in [0, 0.05) is 25.9 Å². The van der Waals surface area contributed by atoms with Crippen molar-refractivity contribution in [1.29, 1.82) is 0 Å². The van der Waals surface area contributed by atoms with Gasteiger partial charge in [-0.05, 0) is 51.4 Å². The molecule has 3 amide bonds. The maximum absolute atomic E-state index is 12.5. The minimum Gasteiger partial charge on any atom is -0.356 e. The van der Waals surface area contributed by atoms with Crippen molar-refractivity contribution in [3.63, 3.8) is 0 Å². The lowest BCUT2D eigenvalue weighted by molar-refractivity contribution is -0.129. The van der Waals surface area contributed by atoms with Gasteiger partial charge in [-0.25, -0.2) is 0 Å². The molecule has 0 aromatic rings. The third kappa shape index (κ3) is 20.7. The highest BCUT2D eigenvalue weighted by Gasteiger charge is 2.21. The molecule has 0 fully saturated rings. The van der Waals surface area contributed by atoms with E-state index in [-0.39, 0.29) is 24.1 Å². The number of amides is 3. The second-order valence-corrected chi connectivity index (χ2v) is 9.28. The van der Waals surface area contributed by atoms with Crippen molar-refractivity contribution in [2.24, 2.45) is 0 Å². The normalized spacial score (nSPS) is 12.0. The first-order valence-corrected chi connectivity index (χ1v) is 14.0. The fourth-order valence-corrected chi connectivity index (χ4v) is 3.64. The Morgan fingerprint density at radius 3 is 1.82 bits per heavy atom. The molecule has 6 heteroatoms. The number of allylic oxidation sites excluding steroid dienone is 2. The summed E-state index contributed by atoms with van der Waals surface area (Å²) in [4.78, 5) is 37.0. The summed E-state index contributed by atoms with van der Waals surface area (Å²) in [7, 11) is 0. The molecule has 0 aromatic carbocycles. The van der Waals surface area contributed by atoms with E-state index < -0.39 is 6.04 Å². The summed E-state index contributed by atoms with van der Waals surface area (Å²) < 4.78 is 0. The van der Waals surface area contributed by atoms with Crippen LogP contribution in [0.4, 0.5) is 0 Å². The molecule has 0 saturated carbocycles. The maximum Gasteiger partial charge on any atom is 0.242 e. The average molecular weight is 480 g/mol. The van der Waals surface area contributed by atoms with Crippen LogP contribution in [0.3, 0.4) is 0 Å². The molecule has 34 heavy (non-hydrogen) atoms. The molecule has 0 heterocycles. The van der Waals surface area contributed by atoms with Crippen LogP contribution in [0.15, 0.2) is 12.2 Å². The summed E-state index contributed by atoms with van der Waals surface area (Å²) in [6, 6.07) is -0.654. The highest BCUT2D eigenvalue weighted by molar-refractivity contribution is 5.88. The highest BCUT2D eigenvalue weighted by atomic mass is 16.2. The third-order valence-electron chi connectivity index (χ3n) is 5.91. The van der Waals surface area contributed by atoms with Crippen molar-refractivity contribution >= 4 is 17.7 Å². The Balaban J connectivity index is 4.18. The van der Waals surface area contributed by atoms with Crippen LogP contribution in [0.5, 0.6) is 0 Å². The molecule has 0 aliphatic heterocycles. The summed E-state index contributed by atoms with van der Waals surface area (Å²) in [6.45, 7) is 7.63. The van der Waals surface area contributed by atoms with E-state index in [4.69, 9.17) is 0 Å². The van der Waals surface area contributed by atoms with E-state index in [1.54, 1.807) is 0 Å². The molecule has 0 unspecified atom stereocenters. The Bertz CT molecular complexity index is 549. The van der Waals surface area contributed by atoms with Gasteiger partial charge in [0.2, 0.25) is 17.7 Å². The molecule has 0 radical (unpaired) electrons. The van der Waals surface area contributed by atoms with Crippen LogP contribution in [0.2, 0.25) is 0 Å². The molecule has 0 bridgehead atoms. The van der Waals surface area contributed by atoms with Crippen LogP contribution < -0.4 is 16.0 Å². The van der Waals surface area contributed by atoms with Crippen molar-refractivity contribution in [2.75, 3.05) is 13.1 Å². The van der Waals surface area contributed by atoms with E-state index in [1.165, 1.54) is 38.5 Å². The predicted molar refractivity (Wildman–Crippen MR) is 143 cm³/mol. The van der Waals surface area contributed by atoms with E-state index in [2.05, 4.69) is 48.9 Å². The molecule has 6 nitrogen and oxygen atoms in total. The number of carbonyl (C=O) groups excluding carboxylic acids is 3. The standard InChI is InChI=1S/C28H53N3O3/c1-4-7-10-11-12-13-14-15-16-17-18-19-20-27(33)31-25(28(34)30-24-9-6-3)21-22-26(32)29-23-8-5-2/h15-16,25H,4-14,17-24H2,1-3H3,(H,29,32)(H,30,34)(H,31,33)/b16-15+/t25-/m0/s1. The topological polar surface area (TPSA) is 87.3 Å². The van der Waals surface area contributed by atoms with E-state index in [1.807, 2.05) is 0 Å². The van der Waals surface area contributed by atoms with Gasteiger partial charge in [-0.1, -0.05) is 77.9 Å². The number of hydrogen-bond acceptors (Lipinski definition) is 3. The van der Waals surface area contributed by atoms with Crippen molar-refractivity contribution in [2.45, 2.75) is 136 Å². The lowest BCUT2D eigenvalue weighted by Crippen LogP contribution is -2.47. The predicted octanol–water partition coefficient (Wildman–Crippen LogP) is 5.95. The Labute approximate surface area is 209 Å². The van der Waals surface area contributed by atoms with Gasteiger partial charge in [0.15, 0.2) is 0 Å². The number of carbonyl (C=O) groups is 3. The van der Waals surface area contributed by atoms with Crippen molar-refractivity contribution in [3.8, 4) is 0 Å². The number of hydrogen-bond donors (Lipinski definition) is 3. The van der Waals surface area contributed by atoms with Crippen molar-refractivity contribution in [3.05, 3.63) is 12.2 Å². The molecule has 0 rings (SSSR count). The van der Waals surface area contributed by atoms with Crippen LogP contribution in [-0.2, 0) is 14.4 Å². The molecule has 0 aliphatic carbocycles. The first-order valence-electron chi connectivity index (χ1n) is 14.0. The average Bonchev–Trinajstić information content (AvgIpc) is 2.82. The van der Waals surface area contributed by atoms with Gasteiger partial charge < -0.3 is 16.0 Å². The molecule has 0 spiro atoms. The van der Waals surface area contributed by atoms with E-state index in [0.717, 1.165) is 51.4 Å². The molecule has 198 valence electrons. The summed E-state index contributed by atoms with van der Waals surface area (Å²) in [5.74, 6) is -0.374. The van der Waals surface area contributed by atoms with Gasteiger partial charge in [0.1, 0.15) is 6.04 Å². The SMILES string of the molecule is CCCCCCCC/C=C/CCCCC(=O)N[C@@H](CCC(=O)NCCCC)C(=O)NCCCC. The van der Waals surface area contributed by atoms with Gasteiger partial charge in [-0.2, -0.15) is 0 Å². The zero-order chi connectivity index (χ0) is 25.3. The van der Waals surface area contributed by atoms with Gasteiger partial charge in [-0.15, -0.1) is 0 Å². The second-order valence-electron chi connectivity index (χ2n) is 9.28. The molecular formula is C28H53N3O3. The van der Waals surface area contributed by atoms with E-state index in [9.17, 15) is 14.4 Å². The smallest absolute Gasteiger partial charge is 0.242 e. The van der Waals surface area contributed by atoms with Crippen LogP contribution >= 0.6 is 0 Å². The van der Waals surface area contributed by atoms with Crippen LogP contribution in [0, 0.1) is 0 Å². The molecule has 0 aromatic heterocycles. The highest BCUT2D eigenvalue weighted by Crippen LogP contribution is 2.08. The van der Waals surface area contributed by atoms with Gasteiger partial charge in [0.25, 0.3) is 0 Å². The largest absolute Gasteiger partial charge is 0.356 e. The van der Waals surface area contributed by atoms with Crippen LogP contribution in [-0.4, -0.2) is 36.9 Å². The maximum atomic E-state index is 12.5. The quantitative estimate of drug-likeness (QED) is 0.125. The second kappa shape index (κ2) is 24.3. The Hall–Kier alpha value is -1.85. The minimum absolute atomic E-state index is 0.0678. The zero-order valence-corrected chi connectivity index (χ0v) is 22.4. The summed E-state index contributed by atoms with van der Waals surface area (Å²) in [5, 5.41) is 8.61. The number of rotatable bonds is 23. The van der Waals surface area contributed by atoms with Gasteiger partial charge in [-0.3, -0.25) is 14.4 Å². The Kier molecular flexibility index (Phi) is 23.0. The monoisotopic (exact) mass is 479 g/mol. The minimum atomic E-state index is -0.654. The summed E-state index contributed by atoms with van der Waals surface area (Å²) in [6.07, 6.45) is 21.1. The molecule has 0 aliphatic rings. The van der Waals surface area contributed by atoms with E-state index in [0.29, 0.717) is 25.9 Å². The Morgan fingerprint density at radius 2 is 1.18 bits per heavy atom. The fourth-order valence-electron chi connectivity index (χ4n) is 3.64. The lowest BCUT2D eigenvalue weighted by Gasteiger charge is -2.18. The number of unbranched alkanes of at least 4 members (excludes halogenated alkanes) is 10. The third-order valence-corrected chi connectivity index (χ3v) is 5.91. The fraction of sp³-hybridized carbons (Fsp3) is 0.821. The molecule has 3 N–H and O–H groups in total. The Morgan fingerprint density at radius 1 is 0.618 bits per heavy atom. The molecular weight excluding hydrogens is 426 g/mol. The van der Waals surface area contributed by atoms with Crippen LogP contribution in [0.25, 0.3) is 0 Å². The molecule has 0 saturated heterocycles. The summed E-state index contributed by atoms with van der Waals surface area (Å²) in [5.41, 5.74) is 0. The van der Waals surface area contributed by atoms with Gasteiger partial charge in [0.05, 0.1) is 0 Å². The number of nitrogens with one attached hydrogen (secondary N) is 3. The van der Waals surface area contributed by atoms with Crippen molar-refractivity contribution < 1.29 is 14.4 Å². The lowest BCUT2D eigenvalue weighted by atomic mass is 10.1. The van der Waals surface area contributed by atoms with Crippen molar-refractivity contribution in [1.82, 2.24) is 16.0 Å². The first kappa shape index (κ1) is 32.1. The first-order chi connectivity index (χ1) is 16.5. The zero-order valence-electron chi connectivity index (χ0n) is 22.4. The van der Waals surface area contributed by atoms with Gasteiger partial charge >= 0.3 is 0 Å². The van der Waals surface area contributed by atoms with Crippen LogP contribution in [0.1, 0.15) is 130 Å². The summed E-state index contributed by atoms with van der Waals surface area (Å²) >= 11 is 0.